The summed E-state index contributed by atoms with van der Waals surface area (Å²) in [7, 11) is 0. The van der Waals surface area contributed by atoms with Gasteiger partial charge in [-0.05, 0) is 42.0 Å². The molecular weight excluding hydrogens is 355 g/mol. The molecular formula is C23H27FN2O2. The number of likely N-dealkylation sites (tertiary alicyclic amines) is 1. The molecule has 1 unspecified atom stereocenters. The van der Waals surface area contributed by atoms with E-state index in [9.17, 15) is 14.0 Å². The minimum Gasteiger partial charge on any atom is -0.350 e. The minimum atomic E-state index is -0.446. The number of benzene rings is 2. The van der Waals surface area contributed by atoms with Crippen LogP contribution in [-0.4, -0.2) is 29.3 Å². The molecule has 4 nitrogen and oxygen atoms in total. The van der Waals surface area contributed by atoms with Crippen LogP contribution in [0.3, 0.4) is 0 Å². The van der Waals surface area contributed by atoms with E-state index in [1.165, 1.54) is 12.1 Å². The molecule has 0 saturated carbocycles. The van der Waals surface area contributed by atoms with Gasteiger partial charge in [0.2, 0.25) is 11.8 Å². The molecule has 1 aliphatic rings. The second kappa shape index (κ2) is 9.00. The molecule has 2 aromatic carbocycles. The highest BCUT2D eigenvalue weighted by Gasteiger charge is 2.38. The van der Waals surface area contributed by atoms with Crippen molar-refractivity contribution in [1.29, 1.82) is 0 Å². The summed E-state index contributed by atoms with van der Waals surface area (Å²) in [6, 6.07) is 15.4. The van der Waals surface area contributed by atoms with Crippen LogP contribution in [-0.2, 0) is 16.1 Å². The number of carbonyl (C=O) groups excluding carboxylic acids is 2. The van der Waals surface area contributed by atoms with E-state index in [2.05, 4.69) is 5.32 Å². The Labute approximate surface area is 165 Å². The van der Waals surface area contributed by atoms with Gasteiger partial charge in [-0.25, -0.2) is 4.39 Å². The average molecular weight is 382 g/mol. The van der Waals surface area contributed by atoms with Crippen molar-refractivity contribution in [3.8, 4) is 0 Å². The first-order valence-corrected chi connectivity index (χ1v) is 9.85. The molecule has 0 aliphatic carbocycles. The highest BCUT2D eigenvalue weighted by molar-refractivity contribution is 5.91. The molecule has 2 aromatic rings. The third-order valence-electron chi connectivity index (χ3n) is 5.31. The maximum absolute atomic E-state index is 13.3. The standard InChI is InChI=1S/C23H27FN2O2/c1-16(2)21(18-10-12-19(24)13-11-18)23(28)26-14-6-9-20(26)22(27)25-15-17-7-4-3-5-8-17/h3-5,7-8,10-13,16,20-21H,6,9,14-15H2,1-2H3,(H,25,27)/t20-,21?/m1/s1. The van der Waals surface area contributed by atoms with Gasteiger partial charge < -0.3 is 10.2 Å². The lowest BCUT2D eigenvalue weighted by molar-refractivity contribution is -0.140. The molecule has 0 bridgehead atoms. The molecule has 28 heavy (non-hydrogen) atoms. The number of amides is 2. The summed E-state index contributed by atoms with van der Waals surface area (Å²) in [6.45, 7) is 4.98. The van der Waals surface area contributed by atoms with Crippen LogP contribution in [0.5, 0.6) is 0 Å². The van der Waals surface area contributed by atoms with Crippen molar-refractivity contribution in [2.75, 3.05) is 6.54 Å². The maximum Gasteiger partial charge on any atom is 0.243 e. The third kappa shape index (κ3) is 4.58. The van der Waals surface area contributed by atoms with Crippen molar-refractivity contribution < 1.29 is 14.0 Å². The first-order chi connectivity index (χ1) is 13.5. The first kappa shape index (κ1) is 20.1. The number of hydrogen-bond donors (Lipinski definition) is 1. The average Bonchev–Trinajstić information content (AvgIpc) is 3.18. The molecule has 0 spiro atoms. The monoisotopic (exact) mass is 382 g/mol. The molecule has 1 fully saturated rings. The topological polar surface area (TPSA) is 49.4 Å². The van der Waals surface area contributed by atoms with E-state index in [0.717, 1.165) is 17.5 Å². The third-order valence-corrected chi connectivity index (χ3v) is 5.31. The van der Waals surface area contributed by atoms with Gasteiger partial charge in [0.25, 0.3) is 0 Å². The summed E-state index contributed by atoms with van der Waals surface area (Å²) in [5.74, 6) is -0.831. The van der Waals surface area contributed by atoms with Gasteiger partial charge in [0.1, 0.15) is 11.9 Å². The van der Waals surface area contributed by atoms with E-state index in [-0.39, 0.29) is 29.5 Å². The summed E-state index contributed by atoms with van der Waals surface area (Å²) in [5.41, 5.74) is 1.81. The molecule has 1 N–H and O–H groups in total. The van der Waals surface area contributed by atoms with Crippen molar-refractivity contribution in [1.82, 2.24) is 10.2 Å². The SMILES string of the molecule is CC(C)C(C(=O)N1CCC[C@@H]1C(=O)NCc1ccccc1)c1ccc(F)cc1. The van der Waals surface area contributed by atoms with E-state index >= 15 is 0 Å². The molecule has 148 valence electrons. The predicted molar refractivity (Wildman–Crippen MR) is 107 cm³/mol. The predicted octanol–water partition coefficient (Wildman–Crippen LogP) is 3.87. The van der Waals surface area contributed by atoms with E-state index < -0.39 is 6.04 Å². The van der Waals surface area contributed by atoms with Gasteiger partial charge in [-0.2, -0.15) is 0 Å². The van der Waals surface area contributed by atoms with Crippen molar-refractivity contribution in [2.24, 2.45) is 5.92 Å². The number of hydrogen-bond acceptors (Lipinski definition) is 2. The number of nitrogens with zero attached hydrogens (tertiary/aromatic N) is 1. The molecule has 1 heterocycles. The van der Waals surface area contributed by atoms with E-state index in [4.69, 9.17) is 0 Å². The molecule has 2 atom stereocenters. The van der Waals surface area contributed by atoms with Gasteiger partial charge in [0.15, 0.2) is 0 Å². The Morgan fingerprint density at radius 3 is 2.43 bits per heavy atom. The Morgan fingerprint density at radius 1 is 1.11 bits per heavy atom. The van der Waals surface area contributed by atoms with Crippen LogP contribution >= 0.6 is 0 Å². The van der Waals surface area contributed by atoms with Gasteiger partial charge in [-0.3, -0.25) is 9.59 Å². The van der Waals surface area contributed by atoms with Crippen LogP contribution in [0.2, 0.25) is 0 Å². The van der Waals surface area contributed by atoms with Gasteiger partial charge in [-0.15, -0.1) is 0 Å². The number of halogens is 1. The summed E-state index contributed by atoms with van der Waals surface area (Å²) in [4.78, 5) is 27.8. The second-order valence-corrected chi connectivity index (χ2v) is 7.67. The van der Waals surface area contributed by atoms with Gasteiger partial charge >= 0.3 is 0 Å². The number of rotatable bonds is 6. The molecule has 0 radical (unpaired) electrons. The van der Waals surface area contributed by atoms with Crippen LogP contribution in [0.15, 0.2) is 54.6 Å². The molecule has 5 heteroatoms. The Morgan fingerprint density at radius 2 is 1.79 bits per heavy atom. The molecule has 0 aromatic heterocycles. The highest BCUT2D eigenvalue weighted by Crippen LogP contribution is 2.30. The smallest absolute Gasteiger partial charge is 0.243 e. The summed E-state index contributed by atoms with van der Waals surface area (Å²) in [6.07, 6.45) is 1.48. The lowest BCUT2D eigenvalue weighted by atomic mass is 9.87. The zero-order chi connectivity index (χ0) is 20.1. The Hall–Kier alpha value is -2.69. The van der Waals surface area contributed by atoms with Crippen LogP contribution in [0.1, 0.15) is 43.7 Å². The van der Waals surface area contributed by atoms with E-state index in [1.54, 1.807) is 17.0 Å². The fraction of sp³-hybridized carbons (Fsp3) is 0.391. The lowest BCUT2D eigenvalue weighted by Gasteiger charge is -2.30. The zero-order valence-corrected chi connectivity index (χ0v) is 16.4. The number of carbonyl (C=O) groups is 2. The van der Waals surface area contributed by atoms with E-state index in [1.807, 2.05) is 44.2 Å². The van der Waals surface area contributed by atoms with Crippen LogP contribution in [0.4, 0.5) is 4.39 Å². The Kier molecular flexibility index (Phi) is 6.45. The van der Waals surface area contributed by atoms with Crippen LogP contribution in [0, 0.1) is 11.7 Å². The molecule has 1 saturated heterocycles. The fourth-order valence-corrected chi connectivity index (χ4v) is 3.87. The first-order valence-electron chi connectivity index (χ1n) is 9.85. The molecule has 2 amide bonds. The fourth-order valence-electron chi connectivity index (χ4n) is 3.87. The summed E-state index contributed by atoms with van der Waals surface area (Å²) in [5, 5.41) is 2.96. The van der Waals surface area contributed by atoms with E-state index in [0.29, 0.717) is 19.5 Å². The van der Waals surface area contributed by atoms with Gasteiger partial charge in [-0.1, -0.05) is 56.3 Å². The van der Waals surface area contributed by atoms with Crippen LogP contribution in [0.25, 0.3) is 0 Å². The quantitative estimate of drug-likeness (QED) is 0.824. The lowest BCUT2D eigenvalue weighted by Crippen LogP contribution is -2.47. The minimum absolute atomic E-state index is 0.0478. The van der Waals surface area contributed by atoms with Gasteiger partial charge in [0, 0.05) is 13.1 Å². The number of nitrogens with one attached hydrogen (secondary N) is 1. The summed E-state index contributed by atoms with van der Waals surface area (Å²) >= 11 is 0. The Balaban J connectivity index is 1.71. The van der Waals surface area contributed by atoms with Crippen molar-refractivity contribution in [3.63, 3.8) is 0 Å². The van der Waals surface area contributed by atoms with Crippen molar-refractivity contribution >= 4 is 11.8 Å². The Bertz CT molecular complexity index is 805. The molecule has 3 rings (SSSR count). The second-order valence-electron chi connectivity index (χ2n) is 7.67. The van der Waals surface area contributed by atoms with Crippen molar-refractivity contribution in [2.45, 2.75) is 45.2 Å². The zero-order valence-electron chi connectivity index (χ0n) is 16.4. The van der Waals surface area contributed by atoms with Crippen molar-refractivity contribution in [3.05, 3.63) is 71.5 Å². The van der Waals surface area contributed by atoms with Gasteiger partial charge in [0.05, 0.1) is 5.92 Å². The molecule has 1 aliphatic heterocycles. The summed E-state index contributed by atoms with van der Waals surface area (Å²) < 4.78 is 13.3. The van der Waals surface area contributed by atoms with Crippen LogP contribution < -0.4 is 5.32 Å². The normalized spacial score (nSPS) is 17.6. The highest BCUT2D eigenvalue weighted by atomic mass is 19.1. The largest absolute Gasteiger partial charge is 0.350 e. The maximum atomic E-state index is 13.3.